The molecule has 3 aromatic carbocycles. The zero-order chi connectivity index (χ0) is 21.9. The lowest BCUT2D eigenvalue weighted by Crippen LogP contribution is -2.15. The van der Waals surface area contributed by atoms with Crippen LogP contribution in [-0.4, -0.2) is 14.3 Å². The number of anilines is 2. The molecule has 0 bridgehead atoms. The van der Waals surface area contributed by atoms with E-state index in [2.05, 4.69) is 10.0 Å². The van der Waals surface area contributed by atoms with Crippen molar-refractivity contribution in [2.75, 3.05) is 10.0 Å². The lowest BCUT2D eigenvalue weighted by molar-refractivity contribution is -0.137. The normalized spacial score (nSPS) is 11.7. The standard InChI is InChI=1S/C21H17F3N2O3S/c1-14-5-11-19(12-6-14)30(28,29)26-18-4-2-3-15(13-18)20(27)25-17-9-7-16(8-10-17)21(22,23)24/h2-13,26H,1H3,(H,25,27). The summed E-state index contributed by atoms with van der Waals surface area (Å²) in [5.74, 6) is -0.592. The predicted octanol–water partition coefficient (Wildman–Crippen LogP) is 5.07. The SMILES string of the molecule is Cc1ccc(S(=O)(=O)Nc2cccc(C(=O)Nc3ccc(C(F)(F)F)cc3)c2)cc1. The number of hydrogen-bond acceptors (Lipinski definition) is 3. The van der Waals surface area contributed by atoms with Crippen LogP contribution in [0.1, 0.15) is 21.5 Å². The van der Waals surface area contributed by atoms with E-state index in [0.717, 1.165) is 29.8 Å². The van der Waals surface area contributed by atoms with Gasteiger partial charge in [0.05, 0.1) is 10.5 Å². The van der Waals surface area contributed by atoms with Crippen LogP contribution in [0.2, 0.25) is 0 Å². The summed E-state index contributed by atoms with van der Waals surface area (Å²) in [5.41, 5.74) is 0.581. The third-order valence-electron chi connectivity index (χ3n) is 4.18. The Kier molecular flexibility index (Phi) is 5.84. The molecule has 0 aliphatic heterocycles. The number of halogens is 3. The summed E-state index contributed by atoms with van der Waals surface area (Å²) in [5, 5.41) is 2.48. The Bertz CT molecular complexity index is 1160. The average Bonchev–Trinajstić information content (AvgIpc) is 2.68. The highest BCUT2D eigenvalue weighted by Crippen LogP contribution is 2.30. The van der Waals surface area contributed by atoms with E-state index in [9.17, 15) is 26.4 Å². The van der Waals surface area contributed by atoms with Gasteiger partial charge < -0.3 is 5.32 Å². The molecule has 0 aliphatic rings. The molecule has 3 rings (SSSR count). The number of rotatable bonds is 5. The van der Waals surface area contributed by atoms with Crippen molar-refractivity contribution in [2.45, 2.75) is 18.0 Å². The summed E-state index contributed by atoms with van der Waals surface area (Å²) in [6.45, 7) is 1.84. The van der Waals surface area contributed by atoms with Crippen LogP contribution in [-0.2, 0) is 16.2 Å². The molecule has 156 valence electrons. The van der Waals surface area contributed by atoms with Gasteiger partial charge in [0.15, 0.2) is 0 Å². The van der Waals surface area contributed by atoms with Crippen LogP contribution in [0.25, 0.3) is 0 Å². The van der Waals surface area contributed by atoms with Crippen LogP contribution in [0.4, 0.5) is 24.5 Å². The van der Waals surface area contributed by atoms with Crippen LogP contribution < -0.4 is 10.0 Å². The van der Waals surface area contributed by atoms with Gasteiger partial charge in [0.2, 0.25) is 0 Å². The Morgan fingerprint density at radius 3 is 2.10 bits per heavy atom. The van der Waals surface area contributed by atoms with Crippen LogP contribution in [0.15, 0.2) is 77.7 Å². The summed E-state index contributed by atoms with van der Waals surface area (Å²) < 4.78 is 65.3. The number of carbonyl (C=O) groups is 1. The van der Waals surface area contributed by atoms with Crippen molar-refractivity contribution in [3.05, 3.63) is 89.5 Å². The number of amides is 1. The maximum absolute atomic E-state index is 12.6. The molecular formula is C21H17F3N2O3S. The molecule has 5 nitrogen and oxygen atoms in total. The fraction of sp³-hybridized carbons (Fsp3) is 0.0952. The zero-order valence-electron chi connectivity index (χ0n) is 15.7. The molecule has 0 atom stereocenters. The van der Waals surface area contributed by atoms with Gasteiger partial charge in [-0.1, -0.05) is 23.8 Å². The molecule has 0 aromatic heterocycles. The van der Waals surface area contributed by atoms with Crippen molar-refractivity contribution in [2.24, 2.45) is 0 Å². The largest absolute Gasteiger partial charge is 0.416 e. The molecule has 0 aliphatic carbocycles. The second-order valence-electron chi connectivity index (χ2n) is 6.53. The van der Waals surface area contributed by atoms with E-state index >= 15 is 0 Å². The monoisotopic (exact) mass is 434 g/mol. The summed E-state index contributed by atoms with van der Waals surface area (Å²) in [6.07, 6.45) is -4.47. The molecule has 9 heteroatoms. The van der Waals surface area contributed by atoms with E-state index in [0.29, 0.717) is 0 Å². The minimum Gasteiger partial charge on any atom is -0.322 e. The van der Waals surface area contributed by atoms with Gasteiger partial charge in [-0.05, 0) is 61.5 Å². The highest BCUT2D eigenvalue weighted by atomic mass is 32.2. The summed E-state index contributed by atoms with van der Waals surface area (Å²) >= 11 is 0. The number of hydrogen-bond donors (Lipinski definition) is 2. The zero-order valence-corrected chi connectivity index (χ0v) is 16.5. The summed E-state index contributed by atoms with van der Waals surface area (Å²) in [6, 6.07) is 16.1. The van der Waals surface area contributed by atoms with Crippen LogP contribution in [0, 0.1) is 6.92 Å². The summed E-state index contributed by atoms with van der Waals surface area (Å²) in [4.78, 5) is 12.5. The maximum atomic E-state index is 12.6. The third kappa shape index (κ3) is 5.18. The minimum atomic E-state index is -4.47. The molecule has 3 aromatic rings. The van der Waals surface area contributed by atoms with E-state index in [4.69, 9.17) is 0 Å². The van der Waals surface area contributed by atoms with E-state index < -0.39 is 27.7 Å². The molecule has 0 saturated heterocycles. The van der Waals surface area contributed by atoms with E-state index in [1.165, 1.54) is 36.4 Å². The van der Waals surface area contributed by atoms with Crippen LogP contribution in [0.5, 0.6) is 0 Å². The first-order valence-electron chi connectivity index (χ1n) is 8.73. The van der Waals surface area contributed by atoms with E-state index in [-0.39, 0.29) is 21.8 Å². The van der Waals surface area contributed by atoms with Crippen molar-refractivity contribution in [1.82, 2.24) is 0 Å². The van der Waals surface area contributed by atoms with Crippen molar-refractivity contribution in [1.29, 1.82) is 0 Å². The summed E-state index contributed by atoms with van der Waals surface area (Å²) in [7, 11) is -3.84. The first-order valence-corrected chi connectivity index (χ1v) is 10.2. The first-order chi connectivity index (χ1) is 14.0. The predicted molar refractivity (Wildman–Crippen MR) is 108 cm³/mol. The topological polar surface area (TPSA) is 75.3 Å². The Morgan fingerprint density at radius 2 is 1.50 bits per heavy atom. The van der Waals surface area contributed by atoms with Gasteiger partial charge in [-0.2, -0.15) is 13.2 Å². The number of benzene rings is 3. The van der Waals surface area contributed by atoms with Gasteiger partial charge >= 0.3 is 6.18 Å². The number of alkyl halides is 3. The molecule has 0 unspecified atom stereocenters. The molecule has 0 saturated carbocycles. The number of nitrogens with one attached hydrogen (secondary N) is 2. The number of aryl methyl sites for hydroxylation is 1. The Labute approximate surface area is 171 Å². The van der Waals surface area contributed by atoms with Crippen molar-refractivity contribution in [3.63, 3.8) is 0 Å². The van der Waals surface area contributed by atoms with Gasteiger partial charge in [0, 0.05) is 16.9 Å². The molecule has 30 heavy (non-hydrogen) atoms. The smallest absolute Gasteiger partial charge is 0.322 e. The van der Waals surface area contributed by atoms with Crippen molar-refractivity contribution in [3.8, 4) is 0 Å². The van der Waals surface area contributed by atoms with E-state index in [1.54, 1.807) is 12.1 Å². The maximum Gasteiger partial charge on any atom is 0.416 e. The Morgan fingerprint density at radius 1 is 0.867 bits per heavy atom. The van der Waals surface area contributed by atoms with E-state index in [1.807, 2.05) is 6.92 Å². The Balaban J connectivity index is 1.74. The van der Waals surface area contributed by atoms with Gasteiger partial charge in [0.1, 0.15) is 0 Å². The average molecular weight is 434 g/mol. The molecule has 0 fully saturated rings. The first kappa shape index (κ1) is 21.4. The third-order valence-corrected chi connectivity index (χ3v) is 5.58. The highest BCUT2D eigenvalue weighted by Gasteiger charge is 2.30. The van der Waals surface area contributed by atoms with Crippen molar-refractivity contribution < 1.29 is 26.4 Å². The molecule has 0 heterocycles. The van der Waals surface area contributed by atoms with Crippen LogP contribution in [0.3, 0.4) is 0 Å². The van der Waals surface area contributed by atoms with Gasteiger partial charge in [-0.15, -0.1) is 0 Å². The second kappa shape index (κ2) is 8.19. The fourth-order valence-electron chi connectivity index (χ4n) is 2.60. The van der Waals surface area contributed by atoms with Crippen molar-refractivity contribution >= 4 is 27.3 Å². The Hall–Kier alpha value is -3.33. The van der Waals surface area contributed by atoms with Crippen LogP contribution >= 0.6 is 0 Å². The molecular weight excluding hydrogens is 417 g/mol. The molecule has 2 N–H and O–H groups in total. The highest BCUT2D eigenvalue weighted by molar-refractivity contribution is 7.92. The molecule has 0 radical (unpaired) electrons. The fourth-order valence-corrected chi connectivity index (χ4v) is 3.65. The second-order valence-corrected chi connectivity index (χ2v) is 8.21. The lowest BCUT2D eigenvalue weighted by Gasteiger charge is -2.11. The minimum absolute atomic E-state index is 0.0766. The number of sulfonamides is 1. The van der Waals surface area contributed by atoms with Gasteiger partial charge in [0.25, 0.3) is 15.9 Å². The number of carbonyl (C=O) groups excluding carboxylic acids is 1. The quantitative estimate of drug-likeness (QED) is 0.589. The molecule has 1 amide bonds. The lowest BCUT2D eigenvalue weighted by atomic mass is 10.1. The van der Waals surface area contributed by atoms with Gasteiger partial charge in [-0.3, -0.25) is 9.52 Å². The molecule has 0 spiro atoms. The van der Waals surface area contributed by atoms with Gasteiger partial charge in [-0.25, -0.2) is 8.42 Å².